The van der Waals surface area contributed by atoms with Crippen molar-refractivity contribution in [2.45, 2.75) is 13.3 Å². The monoisotopic (exact) mass is 381 g/mol. The molecular weight excluding hydrogens is 366 g/mol. The van der Waals surface area contributed by atoms with Crippen molar-refractivity contribution < 1.29 is 9.59 Å². The standard InChI is InChI=1S/C15H16BrN3O2S/c1-10-17-11(9-22-10)7-15(21)19(2)8-14(20)18-13-6-4-3-5-12(13)16/h3-6,9H,7-8H2,1-2H3,(H,18,20). The van der Waals surface area contributed by atoms with Crippen LogP contribution >= 0.6 is 27.3 Å². The molecule has 0 saturated heterocycles. The smallest absolute Gasteiger partial charge is 0.244 e. The summed E-state index contributed by atoms with van der Waals surface area (Å²) in [5.41, 5.74) is 1.43. The third-order valence-corrected chi connectivity index (χ3v) is 4.47. The Labute approximate surface area is 141 Å². The Morgan fingerprint density at radius 3 is 2.73 bits per heavy atom. The Bertz CT molecular complexity index is 687. The van der Waals surface area contributed by atoms with Gasteiger partial charge in [0.2, 0.25) is 11.8 Å². The first-order valence-corrected chi connectivity index (χ1v) is 8.32. The molecule has 0 saturated carbocycles. The predicted octanol–water partition coefficient (Wildman–Crippen LogP) is 2.85. The first-order chi connectivity index (χ1) is 10.5. The second kappa shape index (κ2) is 7.51. The Kier molecular flexibility index (Phi) is 5.68. The van der Waals surface area contributed by atoms with E-state index in [2.05, 4.69) is 26.2 Å². The lowest BCUT2D eigenvalue weighted by atomic mass is 10.3. The molecule has 22 heavy (non-hydrogen) atoms. The molecule has 1 aromatic carbocycles. The van der Waals surface area contributed by atoms with Crippen molar-refractivity contribution in [3.63, 3.8) is 0 Å². The second-order valence-electron chi connectivity index (χ2n) is 4.81. The van der Waals surface area contributed by atoms with Gasteiger partial charge < -0.3 is 10.2 Å². The first-order valence-electron chi connectivity index (χ1n) is 6.65. The fourth-order valence-electron chi connectivity index (χ4n) is 1.84. The Morgan fingerprint density at radius 2 is 2.09 bits per heavy atom. The number of aromatic nitrogens is 1. The number of rotatable bonds is 5. The molecule has 5 nitrogen and oxygen atoms in total. The normalized spacial score (nSPS) is 10.3. The van der Waals surface area contributed by atoms with Crippen LogP contribution in [0, 0.1) is 6.92 Å². The number of thiazole rings is 1. The molecular formula is C15H16BrN3O2S. The number of carbonyl (C=O) groups is 2. The summed E-state index contributed by atoms with van der Waals surface area (Å²) < 4.78 is 0.801. The summed E-state index contributed by atoms with van der Waals surface area (Å²) in [6.07, 6.45) is 0.211. The Morgan fingerprint density at radius 1 is 1.36 bits per heavy atom. The van der Waals surface area contributed by atoms with Gasteiger partial charge in [-0.25, -0.2) is 4.98 Å². The van der Waals surface area contributed by atoms with Gasteiger partial charge in [-0.3, -0.25) is 9.59 Å². The van der Waals surface area contributed by atoms with E-state index in [-0.39, 0.29) is 24.8 Å². The third kappa shape index (κ3) is 4.64. The van der Waals surface area contributed by atoms with Gasteiger partial charge in [0, 0.05) is 16.9 Å². The van der Waals surface area contributed by atoms with Crippen LogP contribution in [0.3, 0.4) is 0 Å². The summed E-state index contributed by atoms with van der Waals surface area (Å²) in [4.78, 5) is 29.7. The number of aryl methyl sites for hydroxylation is 1. The van der Waals surface area contributed by atoms with Crippen LogP contribution in [0.25, 0.3) is 0 Å². The lowest BCUT2D eigenvalue weighted by Gasteiger charge is -2.16. The van der Waals surface area contributed by atoms with Gasteiger partial charge in [0.05, 0.1) is 29.4 Å². The van der Waals surface area contributed by atoms with Crippen molar-refractivity contribution in [1.29, 1.82) is 0 Å². The lowest BCUT2D eigenvalue weighted by Crippen LogP contribution is -2.35. The van der Waals surface area contributed by atoms with Crippen molar-refractivity contribution in [1.82, 2.24) is 9.88 Å². The molecule has 0 aliphatic carbocycles. The third-order valence-electron chi connectivity index (χ3n) is 2.95. The summed E-state index contributed by atoms with van der Waals surface area (Å²) in [5.74, 6) is -0.371. The van der Waals surface area contributed by atoms with Crippen LogP contribution < -0.4 is 5.32 Å². The zero-order chi connectivity index (χ0) is 16.1. The lowest BCUT2D eigenvalue weighted by molar-refractivity contribution is -0.132. The van der Waals surface area contributed by atoms with Crippen molar-refractivity contribution >= 4 is 44.8 Å². The highest BCUT2D eigenvalue weighted by Crippen LogP contribution is 2.21. The number of likely N-dealkylation sites (N-methyl/N-ethyl adjacent to an activating group) is 1. The van der Waals surface area contributed by atoms with Crippen LogP contribution in [-0.2, 0) is 16.0 Å². The molecule has 0 aliphatic heterocycles. The molecule has 0 aliphatic rings. The molecule has 0 radical (unpaired) electrons. The minimum Gasteiger partial charge on any atom is -0.336 e. The molecule has 0 atom stereocenters. The SMILES string of the molecule is Cc1nc(CC(=O)N(C)CC(=O)Nc2ccccc2Br)cs1. The molecule has 0 unspecified atom stereocenters. The fraction of sp³-hybridized carbons (Fsp3) is 0.267. The van der Waals surface area contributed by atoms with Gasteiger partial charge >= 0.3 is 0 Å². The van der Waals surface area contributed by atoms with Crippen LogP contribution in [0.5, 0.6) is 0 Å². The Balaban J connectivity index is 1.88. The van der Waals surface area contributed by atoms with Crippen LogP contribution in [0.4, 0.5) is 5.69 Å². The van der Waals surface area contributed by atoms with Crippen LogP contribution in [-0.4, -0.2) is 35.3 Å². The second-order valence-corrected chi connectivity index (χ2v) is 6.73. The number of amides is 2. The zero-order valence-corrected chi connectivity index (χ0v) is 14.7. The van der Waals surface area contributed by atoms with E-state index in [1.807, 2.05) is 30.5 Å². The number of nitrogens with one attached hydrogen (secondary N) is 1. The van der Waals surface area contributed by atoms with Gasteiger partial charge in [0.25, 0.3) is 0 Å². The molecule has 1 aromatic heterocycles. The van der Waals surface area contributed by atoms with E-state index < -0.39 is 0 Å². The molecule has 0 bridgehead atoms. The molecule has 2 aromatic rings. The number of halogens is 1. The van der Waals surface area contributed by atoms with E-state index in [1.54, 1.807) is 13.1 Å². The van der Waals surface area contributed by atoms with Crippen molar-refractivity contribution in [2.75, 3.05) is 18.9 Å². The highest BCUT2D eigenvalue weighted by Gasteiger charge is 2.15. The largest absolute Gasteiger partial charge is 0.336 e. The predicted molar refractivity (Wildman–Crippen MR) is 91.0 cm³/mol. The summed E-state index contributed by atoms with van der Waals surface area (Å²) >= 11 is 4.87. The van der Waals surface area contributed by atoms with Crippen LogP contribution in [0.1, 0.15) is 10.7 Å². The van der Waals surface area contributed by atoms with Gasteiger partial charge in [0.1, 0.15) is 0 Å². The van der Waals surface area contributed by atoms with Crippen molar-refractivity contribution in [3.8, 4) is 0 Å². The molecule has 116 valence electrons. The molecule has 0 fully saturated rings. The first kappa shape index (κ1) is 16.6. The molecule has 2 amide bonds. The topological polar surface area (TPSA) is 62.3 Å². The zero-order valence-electron chi connectivity index (χ0n) is 12.3. The quantitative estimate of drug-likeness (QED) is 0.865. The minimum absolute atomic E-state index is 0.00326. The number of nitrogens with zero attached hydrogens (tertiary/aromatic N) is 2. The number of carbonyl (C=O) groups excluding carboxylic acids is 2. The van der Waals surface area contributed by atoms with E-state index in [4.69, 9.17) is 0 Å². The van der Waals surface area contributed by atoms with Crippen molar-refractivity contribution in [2.24, 2.45) is 0 Å². The number of hydrogen-bond acceptors (Lipinski definition) is 4. The molecule has 7 heteroatoms. The summed E-state index contributed by atoms with van der Waals surface area (Å²) in [5, 5.41) is 5.56. The van der Waals surface area contributed by atoms with E-state index >= 15 is 0 Å². The van der Waals surface area contributed by atoms with Crippen LogP contribution in [0.2, 0.25) is 0 Å². The van der Waals surface area contributed by atoms with Crippen LogP contribution in [0.15, 0.2) is 34.1 Å². The maximum atomic E-state index is 12.1. The van der Waals surface area contributed by atoms with Gasteiger partial charge in [-0.2, -0.15) is 0 Å². The summed E-state index contributed by atoms with van der Waals surface area (Å²) in [6, 6.07) is 7.34. The summed E-state index contributed by atoms with van der Waals surface area (Å²) in [6.45, 7) is 1.90. The van der Waals surface area contributed by atoms with Gasteiger partial charge in [-0.1, -0.05) is 12.1 Å². The average Bonchev–Trinajstić information content (AvgIpc) is 2.86. The maximum Gasteiger partial charge on any atom is 0.244 e. The number of hydrogen-bond donors (Lipinski definition) is 1. The molecule has 1 N–H and O–H groups in total. The highest BCUT2D eigenvalue weighted by atomic mass is 79.9. The molecule has 1 heterocycles. The van der Waals surface area contributed by atoms with E-state index in [0.717, 1.165) is 15.2 Å². The van der Waals surface area contributed by atoms with E-state index in [0.29, 0.717) is 5.69 Å². The minimum atomic E-state index is -0.239. The van der Waals surface area contributed by atoms with E-state index in [1.165, 1.54) is 16.2 Å². The maximum absolute atomic E-state index is 12.1. The van der Waals surface area contributed by atoms with Gasteiger partial charge in [0.15, 0.2) is 0 Å². The number of anilines is 1. The highest BCUT2D eigenvalue weighted by molar-refractivity contribution is 9.10. The molecule has 2 rings (SSSR count). The molecule has 0 spiro atoms. The Hall–Kier alpha value is -1.73. The average molecular weight is 382 g/mol. The van der Waals surface area contributed by atoms with Gasteiger partial charge in [-0.05, 0) is 35.0 Å². The van der Waals surface area contributed by atoms with Crippen molar-refractivity contribution in [3.05, 3.63) is 44.8 Å². The summed E-state index contributed by atoms with van der Waals surface area (Å²) in [7, 11) is 1.61. The fourth-order valence-corrected chi connectivity index (χ4v) is 2.83. The van der Waals surface area contributed by atoms with E-state index in [9.17, 15) is 9.59 Å². The number of benzene rings is 1. The van der Waals surface area contributed by atoms with Gasteiger partial charge in [-0.15, -0.1) is 11.3 Å². The number of para-hydroxylation sites is 1.